The molecule has 0 bridgehead atoms. The highest BCUT2D eigenvalue weighted by Crippen LogP contribution is 2.25. The Bertz CT molecular complexity index is 3980. The Labute approximate surface area is 742 Å². The number of carbonyl (C=O) groups excluding carboxylic acids is 16. The number of nitrogens with two attached hydrogens (primary N) is 5. The molecule has 704 valence electrons. The molecule has 14 atom stereocenters. The number of carboxylic acids is 2. The zero-order valence-electron chi connectivity index (χ0n) is 74.2. The summed E-state index contributed by atoms with van der Waals surface area (Å²) < 4.78 is 0. The molecular formula is C87H137N15O23S. The van der Waals surface area contributed by atoms with Crippen LogP contribution in [0.4, 0.5) is 0 Å². The van der Waals surface area contributed by atoms with Crippen LogP contribution < -0.4 is 71.2 Å². The highest BCUT2D eigenvalue weighted by atomic mass is 32.1. The minimum atomic E-state index is -1.70. The van der Waals surface area contributed by atoms with Gasteiger partial charge in [0.15, 0.2) is 40.7 Å². The second-order valence-corrected chi connectivity index (χ2v) is 33.2. The van der Waals surface area contributed by atoms with E-state index < -0.39 is 279 Å². The molecule has 2 aromatic rings. The van der Waals surface area contributed by atoms with Crippen molar-refractivity contribution in [1.82, 2.24) is 42.5 Å². The summed E-state index contributed by atoms with van der Waals surface area (Å²) in [6, 6.07) is 3.96. The fourth-order valence-corrected chi connectivity index (χ4v) is 13.5. The van der Waals surface area contributed by atoms with E-state index in [9.17, 15) is 112 Å². The van der Waals surface area contributed by atoms with Crippen LogP contribution in [0.5, 0.6) is 5.75 Å². The number of thiol groups is 1. The average molecular weight is 1790 g/mol. The number of ketones is 7. The van der Waals surface area contributed by atoms with Crippen molar-refractivity contribution >= 4 is 130 Å². The van der Waals surface area contributed by atoms with E-state index in [0.29, 0.717) is 24.0 Å². The standard InChI is InChI=1S/C83H126N12O23S.C4H11N3/c1-10-48(9)76(94-73(108)30-27-64(100)58(84)33-45(3)4)69(105)40-57(46(5)6)80(114)92-61(25-29-71(87)106)67(103)39-54(44-119)79(113)91-60(19-15-16-20-70(85)86)66(102)38-53(43-97)78(112)95-75(47(7)8)82(116)93-62(26-32-74(109)110)81(115)88-41-56(99)36-52(42-96)77(111)90-59(11-2)65(101)28-31-72(107)89-63(35-49-17-13-12-14-18-49)68(104)37-51(83(117)118)34-50-21-23-55(98)24-22-50;1-2-3-7-4(5)6/h12-14,17-18,21-24,45-48,51-54,57-63,75-76,96-98,119H,10-11,15-16,19-20,25-44,84H2,1-9H3,(H3,85,86)(H2,87,106)(H,88,115)(H,89,107)(H,90,111)(H,91,113)(H,92,114)(H,93,116)(H,94,108)(H,95,112)(H,109,110)(H,117,118);2-3H2,1H3,(H4,5,6,7)/t48-,51?,52?,53-,54?,57-,58-,59?,60-,61-,62-,63?,75?,76?;/m0./s1. The molecule has 0 heterocycles. The van der Waals surface area contributed by atoms with E-state index in [4.69, 9.17) is 34.1 Å². The first kappa shape index (κ1) is 113. The number of benzene rings is 2. The van der Waals surface area contributed by atoms with E-state index in [-0.39, 0.29) is 99.2 Å². The van der Waals surface area contributed by atoms with Crippen LogP contribution in [0.15, 0.2) is 59.6 Å². The van der Waals surface area contributed by atoms with Crippen molar-refractivity contribution < 1.29 is 112 Å². The van der Waals surface area contributed by atoms with Crippen LogP contribution in [-0.2, 0) is 99.1 Å². The molecule has 0 radical (unpaired) electrons. The van der Waals surface area contributed by atoms with Crippen molar-refractivity contribution in [2.24, 2.45) is 86.9 Å². The number of rotatable bonds is 65. The van der Waals surface area contributed by atoms with Crippen molar-refractivity contribution in [3.8, 4) is 5.75 Å². The monoisotopic (exact) mass is 1790 g/mol. The Morgan fingerprint density at radius 1 is 0.468 bits per heavy atom. The molecule has 0 aliphatic heterocycles. The molecular weight excluding hydrogens is 1660 g/mol. The molecule has 0 saturated heterocycles. The van der Waals surface area contributed by atoms with Crippen LogP contribution in [0, 0.1) is 58.7 Å². The normalized spacial score (nSPS) is 14.5. The predicted molar refractivity (Wildman–Crippen MR) is 472 cm³/mol. The zero-order chi connectivity index (χ0) is 95.6. The van der Waals surface area contributed by atoms with Gasteiger partial charge in [0, 0.05) is 95.3 Å². The maximum atomic E-state index is 14.3. The molecule has 0 aromatic heterocycles. The van der Waals surface area contributed by atoms with E-state index in [1.54, 1.807) is 58.0 Å². The van der Waals surface area contributed by atoms with Crippen LogP contribution in [0.25, 0.3) is 0 Å². The first-order valence-electron chi connectivity index (χ1n) is 42.8. The number of amidine groups is 1. The number of carbonyl (C=O) groups is 18. The summed E-state index contributed by atoms with van der Waals surface area (Å²) in [6.45, 7) is 15.1. The van der Waals surface area contributed by atoms with Crippen LogP contribution >= 0.6 is 12.6 Å². The number of aliphatic hydroxyl groups excluding tert-OH is 2. The first-order valence-corrected chi connectivity index (χ1v) is 43.5. The van der Waals surface area contributed by atoms with Crippen LogP contribution in [0.2, 0.25) is 0 Å². The van der Waals surface area contributed by atoms with Crippen molar-refractivity contribution in [2.75, 3.05) is 32.1 Å². The van der Waals surface area contributed by atoms with E-state index in [2.05, 4.69) is 60.2 Å². The lowest BCUT2D eigenvalue weighted by Crippen LogP contribution is -2.56. The number of carboxylic acid groups (broad SMARTS) is 2. The molecule has 0 aliphatic carbocycles. The summed E-state index contributed by atoms with van der Waals surface area (Å²) >= 11 is 4.33. The molecule has 9 amide bonds. The largest absolute Gasteiger partial charge is 0.508 e. The Balaban J connectivity index is 0.0000108. The van der Waals surface area contributed by atoms with Crippen LogP contribution in [0.1, 0.15) is 215 Å². The van der Waals surface area contributed by atoms with Gasteiger partial charge >= 0.3 is 11.9 Å². The number of aromatic hydroxyl groups is 1. The number of aliphatic carboxylic acids is 2. The second kappa shape index (κ2) is 60.6. The van der Waals surface area contributed by atoms with E-state index in [0.717, 1.165) is 13.0 Å². The summed E-state index contributed by atoms with van der Waals surface area (Å²) in [4.78, 5) is 247. The predicted octanol–water partition coefficient (Wildman–Crippen LogP) is 1.70. The molecule has 0 saturated carbocycles. The van der Waals surface area contributed by atoms with Crippen molar-refractivity contribution in [3.63, 3.8) is 0 Å². The summed E-state index contributed by atoms with van der Waals surface area (Å²) in [5, 5.41) is 78.1. The molecule has 2 rings (SSSR count). The SMILES string of the molecule is CCC(NC(=O)C(CO)CC(=O)CNC(=O)[C@H](CCC(=O)O)NC(=O)C(NC(=O)[C@H](CO)CC(=O)[C@H](CCCCC(=N)N)NC(=O)C(CS)CC(=O)[C@H](CCC(N)=O)NC(=O)[C@@H](CC(=O)C(NC(=O)CCC(=O)[C@@H](N)CC(C)C)[C@@H](C)CC)C(C)C)C(C)C)C(=O)CCC(=O)NC(Cc1ccccc1)C(=O)CC(Cc1ccc(O)cc1)C(=O)O.CCCN=C(N)N. The zero-order valence-corrected chi connectivity index (χ0v) is 75.1. The molecule has 0 aliphatic rings. The van der Waals surface area contributed by atoms with Gasteiger partial charge in [0.1, 0.15) is 23.6 Å². The topological polar surface area (TPSA) is 671 Å². The Kier molecular flexibility index (Phi) is 54.4. The maximum Gasteiger partial charge on any atom is 0.307 e. The number of nitrogens with zero attached hydrogens (tertiary/aromatic N) is 1. The van der Waals surface area contributed by atoms with E-state index >= 15 is 0 Å². The number of aliphatic imine (C=N–C) groups is 1. The van der Waals surface area contributed by atoms with Crippen molar-refractivity contribution in [3.05, 3.63) is 65.7 Å². The minimum Gasteiger partial charge on any atom is -0.508 e. The van der Waals surface area contributed by atoms with Gasteiger partial charge in [0.25, 0.3) is 0 Å². The minimum absolute atomic E-state index is 0.0147. The Morgan fingerprint density at radius 2 is 0.984 bits per heavy atom. The number of aliphatic hydroxyl groups is 2. The van der Waals surface area contributed by atoms with Crippen LogP contribution in [-0.4, -0.2) is 223 Å². The number of phenols is 1. The smallest absolute Gasteiger partial charge is 0.307 e. The third kappa shape index (κ3) is 45.3. The highest BCUT2D eigenvalue weighted by Gasteiger charge is 2.39. The Morgan fingerprint density at radius 3 is 1.50 bits per heavy atom. The van der Waals surface area contributed by atoms with Crippen molar-refractivity contribution in [1.29, 1.82) is 5.41 Å². The van der Waals surface area contributed by atoms with Gasteiger partial charge in [-0.1, -0.05) is 125 Å². The lowest BCUT2D eigenvalue weighted by Gasteiger charge is -2.28. The number of nitrogens with one attached hydrogen (secondary N) is 9. The molecule has 24 N–H and O–H groups in total. The third-order valence-corrected chi connectivity index (χ3v) is 21.5. The quantitative estimate of drug-likeness (QED) is 0.0194. The fraction of sp³-hybridized carbons (Fsp3) is 0.632. The van der Waals surface area contributed by atoms with Gasteiger partial charge in [0.2, 0.25) is 53.2 Å². The third-order valence-electron chi connectivity index (χ3n) is 21.0. The Hall–Kier alpha value is -10.9. The lowest BCUT2D eigenvalue weighted by molar-refractivity contribution is -0.144. The van der Waals surface area contributed by atoms with E-state index in [1.807, 2.05) is 20.8 Å². The average Bonchev–Trinajstić information content (AvgIpc) is 0.854. The van der Waals surface area contributed by atoms with Gasteiger partial charge in [-0.05, 0) is 105 Å². The number of guanidine groups is 1. The number of hydrogen-bond donors (Lipinski definition) is 20. The number of unbranched alkanes of at least 4 members (excludes halogenated alkanes) is 1. The number of primary amides is 1. The van der Waals surface area contributed by atoms with Gasteiger partial charge in [-0.2, -0.15) is 12.6 Å². The van der Waals surface area contributed by atoms with Gasteiger partial charge < -0.3 is 96.7 Å². The summed E-state index contributed by atoms with van der Waals surface area (Å²) in [5.41, 5.74) is 28.3. The fourth-order valence-electron chi connectivity index (χ4n) is 13.2. The molecule has 38 nitrogen and oxygen atoms in total. The molecule has 39 heteroatoms. The van der Waals surface area contributed by atoms with Gasteiger partial charge in [-0.25, -0.2) is 0 Å². The lowest BCUT2D eigenvalue weighted by atomic mass is 9.84. The molecule has 0 fully saturated rings. The van der Waals surface area contributed by atoms with Gasteiger partial charge in [0.05, 0.1) is 85.5 Å². The van der Waals surface area contributed by atoms with E-state index in [1.165, 1.54) is 45.0 Å². The number of Topliss-reactive ketones (excluding diaryl/α,β-unsaturated/α-hetero) is 7. The van der Waals surface area contributed by atoms with Crippen molar-refractivity contribution in [2.45, 2.75) is 265 Å². The highest BCUT2D eigenvalue weighted by molar-refractivity contribution is 7.80. The molecule has 0 spiro atoms. The molecule has 2 aromatic carbocycles. The van der Waals surface area contributed by atoms with Gasteiger partial charge in [-0.15, -0.1) is 0 Å². The second-order valence-electron chi connectivity index (χ2n) is 32.8. The number of amides is 9. The first-order chi connectivity index (χ1) is 59.3. The number of phenolic OH excluding ortho intramolecular Hbond substituents is 1. The maximum absolute atomic E-state index is 14.3. The van der Waals surface area contributed by atoms with Gasteiger partial charge in [-0.3, -0.25) is 96.7 Å². The molecule has 126 heavy (non-hydrogen) atoms. The summed E-state index contributed by atoms with van der Waals surface area (Å²) in [7, 11) is 0. The molecule has 7 unspecified atom stereocenters. The number of hydrogen-bond acceptors (Lipinski definition) is 25. The van der Waals surface area contributed by atoms with Crippen LogP contribution in [0.3, 0.4) is 0 Å². The summed E-state index contributed by atoms with van der Waals surface area (Å²) in [5.74, 6) is -23.9. The summed E-state index contributed by atoms with van der Waals surface area (Å²) in [6.07, 6.45) is -4.19.